The lowest BCUT2D eigenvalue weighted by atomic mass is 10.2. The molecule has 1 heterocycles. The van der Waals surface area contributed by atoms with Gasteiger partial charge in [0.25, 0.3) is 0 Å². The molecule has 0 radical (unpaired) electrons. The minimum absolute atomic E-state index is 0.312. The normalized spacial score (nSPS) is 10.2. The van der Waals surface area contributed by atoms with E-state index in [4.69, 9.17) is 27.9 Å². The van der Waals surface area contributed by atoms with Gasteiger partial charge in [-0.1, -0.05) is 35.3 Å². The average molecular weight is 284 g/mol. The van der Waals surface area contributed by atoms with Crippen molar-refractivity contribution in [2.45, 2.75) is 6.54 Å². The number of nitrogens with one attached hydrogen (secondary N) is 1. The smallest absolute Gasteiger partial charge is 0.225 e. The van der Waals surface area contributed by atoms with Crippen molar-refractivity contribution in [2.24, 2.45) is 0 Å². The number of methoxy groups -OCH3 is 1. The van der Waals surface area contributed by atoms with Gasteiger partial charge in [-0.3, -0.25) is 0 Å². The summed E-state index contributed by atoms with van der Waals surface area (Å²) in [6.07, 6.45) is 0. The fraction of sp³-hybridized carbons (Fsp3) is 0.167. The van der Waals surface area contributed by atoms with Gasteiger partial charge in [-0.2, -0.15) is 0 Å². The third-order valence-corrected chi connectivity index (χ3v) is 2.66. The van der Waals surface area contributed by atoms with Crippen LogP contribution in [0.15, 0.2) is 30.3 Å². The predicted molar refractivity (Wildman–Crippen MR) is 72.4 cm³/mol. The van der Waals surface area contributed by atoms with Gasteiger partial charge in [0.2, 0.25) is 5.95 Å². The first-order valence-corrected chi connectivity index (χ1v) is 6.00. The van der Waals surface area contributed by atoms with E-state index in [-0.39, 0.29) is 0 Å². The number of nitrogens with zero attached hydrogens (tertiary/aromatic N) is 2. The summed E-state index contributed by atoms with van der Waals surface area (Å²) < 4.78 is 5.08. The lowest BCUT2D eigenvalue weighted by Crippen LogP contribution is -2.03. The van der Waals surface area contributed by atoms with Crippen LogP contribution in [0.1, 0.15) is 5.56 Å². The summed E-state index contributed by atoms with van der Waals surface area (Å²) in [6.45, 7) is 0.584. The quantitative estimate of drug-likeness (QED) is 0.874. The van der Waals surface area contributed by atoms with Gasteiger partial charge in [0.15, 0.2) is 0 Å². The first-order chi connectivity index (χ1) is 8.67. The summed E-state index contributed by atoms with van der Waals surface area (Å²) in [6, 6.07) is 9.18. The van der Waals surface area contributed by atoms with E-state index < -0.39 is 0 Å². The number of benzene rings is 1. The molecular weight excluding hydrogens is 273 g/mol. The highest BCUT2D eigenvalue weighted by molar-refractivity contribution is 6.33. The largest absolute Gasteiger partial charge is 0.497 e. The van der Waals surface area contributed by atoms with Crippen molar-refractivity contribution >= 4 is 29.2 Å². The number of ether oxygens (including phenoxy) is 1. The fourth-order valence-corrected chi connectivity index (χ4v) is 1.82. The molecule has 1 aromatic carbocycles. The average Bonchev–Trinajstić information content (AvgIpc) is 2.36. The zero-order valence-corrected chi connectivity index (χ0v) is 11.2. The topological polar surface area (TPSA) is 47.0 Å². The Kier molecular flexibility index (Phi) is 4.23. The summed E-state index contributed by atoms with van der Waals surface area (Å²) in [5.41, 5.74) is 1.08. The molecule has 0 aliphatic rings. The molecule has 2 rings (SSSR count). The van der Waals surface area contributed by atoms with Crippen LogP contribution in [-0.4, -0.2) is 17.1 Å². The second-order valence-electron chi connectivity index (χ2n) is 3.54. The van der Waals surface area contributed by atoms with Crippen molar-refractivity contribution < 1.29 is 4.74 Å². The van der Waals surface area contributed by atoms with Crippen molar-refractivity contribution in [3.63, 3.8) is 0 Å². The second-order valence-corrected chi connectivity index (χ2v) is 4.31. The number of hydrogen-bond donors (Lipinski definition) is 1. The highest BCUT2D eigenvalue weighted by atomic mass is 35.5. The van der Waals surface area contributed by atoms with Gasteiger partial charge < -0.3 is 10.1 Å². The molecule has 2 aromatic rings. The first kappa shape index (κ1) is 12.9. The van der Waals surface area contributed by atoms with E-state index in [1.165, 1.54) is 6.07 Å². The molecule has 0 saturated carbocycles. The Morgan fingerprint density at radius 1 is 1.11 bits per heavy atom. The van der Waals surface area contributed by atoms with Crippen LogP contribution in [-0.2, 0) is 6.54 Å². The van der Waals surface area contributed by atoms with E-state index in [0.717, 1.165) is 11.3 Å². The fourth-order valence-electron chi connectivity index (χ4n) is 1.39. The van der Waals surface area contributed by atoms with Crippen LogP contribution in [0, 0.1) is 0 Å². The lowest BCUT2D eigenvalue weighted by Gasteiger charge is -2.06. The van der Waals surface area contributed by atoms with Gasteiger partial charge in [-0.25, -0.2) is 9.97 Å². The van der Waals surface area contributed by atoms with Crippen LogP contribution in [0.5, 0.6) is 5.75 Å². The molecule has 0 unspecified atom stereocenters. The van der Waals surface area contributed by atoms with E-state index in [0.29, 0.717) is 22.8 Å². The Bertz CT molecular complexity index is 511. The number of hydrogen-bond acceptors (Lipinski definition) is 4. The van der Waals surface area contributed by atoms with Crippen molar-refractivity contribution in [1.82, 2.24) is 9.97 Å². The molecule has 0 aliphatic heterocycles. The second kappa shape index (κ2) is 5.89. The molecule has 0 atom stereocenters. The van der Waals surface area contributed by atoms with E-state index in [1.54, 1.807) is 7.11 Å². The van der Waals surface area contributed by atoms with Crippen molar-refractivity contribution in [2.75, 3.05) is 12.4 Å². The van der Waals surface area contributed by atoms with Crippen molar-refractivity contribution in [3.8, 4) is 5.75 Å². The molecule has 4 nitrogen and oxygen atoms in total. The Morgan fingerprint density at radius 3 is 2.28 bits per heavy atom. The molecule has 0 aliphatic carbocycles. The third-order valence-electron chi connectivity index (χ3n) is 2.27. The number of rotatable bonds is 4. The van der Waals surface area contributed by atoms with E-state index in [1.807, 2.05) is 24.3 Å². The molecule has 1 aromatic heterocycles. The van der Waals surface area contributed by atoms with Crippen LogP contribution < -0.4 is 10.1 Å². The Morgan fingerprint density at radius 2 is 1.72 bits per heavy atom. The van der Waals surface area contributed by atoms with Crippen molar-refractivity contribution in [3.05, 3.63) is 46.2 Å². The number of aromatic nitrogens is 2. The maximum absolute atomic E-state index is 5.78. The Labute approximate surface area is 115 Å². The van der Waals surface area contributed by atoms with Gasteiger partial charge in [-0.05, 0) is 17.7 Å². The zero-order valence-electron chi connectivity index (χ0n) is 9.65. The maximum atomic E-state index is 5.78. The molecule has 1 N–H and O–H groups in total. The summed E-state index contributed by atoms with van der Waals surface area (Å²) >= 11 is 11.6. The van der Waals surface area contributed by atoms with Gasteiger partial charge >= 0.3 is 0 Å². The summed E-state index contributed by atoms with van der Waals surface area (Å²) in [5, 5.41) is 3.67. The lowest BCUT2D eigenvalue weighted by molar-refractivity contribution is 0.414. The summed E-state index contributed by atoms with van der Waals surface area (Å²) in [5.74, 6) is 1.23. The number of anilines is 1. The minimum atomic E-state index is 0.312. The number of halogens is 2. The van der Waals surface area contributed by atoms with Crippen LogP contribution in [0.25, 0.3) is 0 Å². The molecular formula is C12H11Cl2N3O. The van der Waals surface area contributed by atoms with E-state index in [2.05, 4.69) is 15.3 Å². The first-order valence-electron chi connectivity index (χ1n) is 5.24. The molecule has 6 heteroatoms. The molecule has 18 heavy (non-hydrogen) atoms. The van der Waals surface area contributed by atoms with Crippen LogP contribution >= 0.6 is 23.2 Å². The van der Waals surface area contributed by atoms with Crippen LogP contribution in [0.3, 0.4) is 0 Å². The molecule has 0 saturated heterocycles. The Hall–Kier alpha value is -1.52. The third kappa shape index (κ3) is 3.48. The molecule has 0 bridgehead atoms. The summed E-state index contributed by atoms with van der Waals surface area (Å²) in [4.78, 5) is 8.03. The standard InChI is InChI=1S/C12H11Cl2N3O/c1-18-9-4-2-8(3-5-9)7-15-12-16-10(13)6-11(14)17-12/h2-6H,7H2,1H3,(H,15,16,17). The Balaban J connectivity index is 2.01. The summed E-state index contributed by atoms with van der Waals surface area (Å²) in [7, 11) is 1.63. The van der Waals surface area contributed by atoms with Crippen LogP contribution in [0.2, 0.25) is 10.3 Å². The zero-order chi connectivity index (χ0) is 13.0. The molecule has 0 spiro atoms. The van der Waals surface area contributed by atoms with Gasteiger partial charge in [0.1, 0.15) is 16.1 Å². The highest BCUT2D eigenvalue weighted by Crippen LogP contribution is 2.16. The predicted octanol–water partition coefficient (Wildman–Crippen LogP) is 3.40. The van der Waals surface area contributed by atoms with E-state index >= 15 is 0 Å². The van der Waals surface area contributed by atoms with Gasteiger partial charge in [0.05, 0.1) is 7.11 Å². The maximum Gasteiger partial charge on any atom is 0.225 e. The minimum Gasteiger partial charge on any atom is -0.497 e. The van der Waals surface area contributed by atoms with Crippen LogP contribution in [0.4, 0.5) is 5.95 Å². The molecule has 0 fully saturated rings. The van der Waals surface area contributed by atoms with Gasteiger partial charge in [0, 0.05) is 12.6 Å². The monoisotopic (exact) mass is 283 g/mol. The van der Waals surface area contributed by atoms with Crippen molar-refractivity contribution in [1.29, 1.82) is 0 Å². The van der Waals surface area contributed by atoms with E-state index in [9.17, 15) is 0 Å². The molecule has 94 valence electrons. The molecule has 0 amide bonds. The van der Waals surface area contributed by atoms with Gasteiger partial charge in [-0.15, -0.1) is 0 Å². The SMILES string of the molecule is COc1ccc(CNc2nc(Cl)cc(Cl)n2)cc1. The highest BCUT2D eigenvalue weighted by Gasteiger charge is 2.01.